The standard InChI is InChI=1S/C23H29N2O2/c1-4-27-20-13-11-19(12-14-20)23(26)16-24(22-10-5-6-15-25(22)23)21-9-7-8-17(2)18(21)3/h7-9,11-14,26H,4-6,10,15-16H2,1-3H3/q+1. The first-order valence-electron chi connectivity index (χ1n) is 9.97. The summed E-state index contributed by atoms with van der Waals surface area (Å²) in [6.07, 6.45) is 3.29. The number of aliphatic hydroxyl groups is 1. The Hall–Kier alpha value is -2.33. The molecule has 2 aromatic rings. The molecule has 1 atom stereocenters. The Morgan fingerprint density at radius 3 is 2.63 bits per heavy atom. The Bertz CT molecular complexity index is 872. The van der Waals surface area contributed by atoms with E-state index in [4.69, 9.17) is 4.74 Å². The van der Waals surface area contributed by atoms with Crippen LogP contribution in [0.1, 0.15) is 42.9 Å². The van der Waals surface area contributed by atoms with E-state index in [0.29, 0.717) is 13.2 Å². The number of rotatable bonds is 4. The second-order valence-electron chi connectivity index (χ2n) is 7.60. The lowest BCUT2D eigenvalue weighted by Gasteiger charge is -2.24. The first-order valence-corrected chi connectivity index (χ1v) is 9.97. The Labute approximate surface area is 161 Å². The summed E-state index contributed by atoms with van der Waals surface area (Å²) in [4.78, 5) is 2.33. The van der Waals surface area contributed by atoms with Gasteiger partial charge in [-0.3, -0.25) is 0 Å². The summed E-state index contributed by atoms with van der Waals surface area (Å²) < 4.78 is 7.79. The molecule has 0 fully saturated rings. The molecule has 4 nitrogen and oxygen atoms in total. The fraction of sp³-hybridized carbons (Fsp3) is 0.435. The fourth-order valence-electron chi connectivity index (χ4n) is 4.38. The van der Waals surface area contributed by atoms with E-state index in [2.05, 4.69) is 41.5 Å². The predicted octanol–water partition coefficient (Wildman–Crippen LogP) is 3.96. The number of aryl methyl sites for hydroxylation is 1. The third-order valence-corrected chi connectivity index (χ3v) is 5.97. The summed E-state index contributed by atoms with van der Waals surface area (Å²) in [7, 11) is 0. The minimum Gasteiger partial charge on any atom is -0.494 e. The molecule has 0 aliphatic carbocycles. The Kier molecular flexibility index (Phi) is 4.68. The van der Waals surface area contributed by atoms with Gasteiger partial charge in [-0.15, -0.1) is 0 Å². The molecule has 0 amide bonds. The number of hydrogen-bond donors (Lipinski definition) is 1. The van der Waals surface area contributed by atoms with Gasteiger partial charge in [0.05, 0.1) is 13.2 Å². The first-order chi connectivity index (χ1) is 13.0. The van der Waals surface area contributed by atoms with Crippen molar-refractivity contribution >= 4 is 11.5 Å². The molecule has 0 bridgehead atoms. The number of amidine groups is 1. The third-order valence-electron chi connectivity index (χ3n) is 5.97. The maximum absolute atomic E-state index is 11.8. The highest BCUT2D eigenvalue weighted by molar-refractivity contribution is 5.96. The monoisotopic (exact) mass is 365 g/mol. The molecule has 0 saturated heterocycles. The van der Waals surface area contributed by atoms with E-state index < -0.39 is 5.72 Å². The van der Waals surface area contributed by atoms with E-state index in [9.17, 15) is 5.11 Å². The van der Waals surface area contributed by atoms with Crippen molar-refractivity contribution in [3.05, 3.63) is 59.2 Å². The number of ether oxygens (including phenoxy) is 1. The SMILES string of the molecule is CCOc1ccc(C2(O)CN(c3cccc(C)c3C)C3=[N+]2CCCC3)cc1. The summed E-state index contributed by atoms with van der Waals surface area (Å²) in [6.45, 7) is 8.40. The summed E-state index contributed by atoms with van der Waals surface area (Å²) >= 11 is 0. The van der Waals surface area contributed by atoms with Crippen molar-refractivity contribution in [2.45, 2.75) is 45.8 Å². The van der Waals surface area contributed by atoms with Crippen molar-refractivity contribution in [3.8, 4) is 5.75 Å². The number of benzene rings is 2. The molecule has 0 spiro atoms. The van der Waals surface area contributed by atoms with E-state index in [-0.39, 0.29) is 0 Å². The van der Waals surface area contributed by atoms with Gasteiger partial charge in [-0.2, -0.15) is 0 Å². The van der Waals surface area contributed by atoms with E-state index in [1.807, 2.05) is 31.2 Å². The average Bonchev–Trinajstić information content (AvgIpc) is 2.99. The quantitative estimate of drug-likeness (QED) is 0.833. The zero-order chi connectivity index (χ0) is 19.0. The lowest BCUT2D eigenvalue weighted by molar-refractivity contribution is -0.661. The van der Waals surface area contributed by atoms with Gasteiger partial charge in [-0.05, 0) is 75.1 Å². The number of β-amino-alcohol motifs (C(OH)–C–C–N with tert-alkyl or cyclic N) is 1. The predicted molar refractivity (Wildman–Crippen MR) is 109 cm³/mol. The van der Waals surface area contributed by atoms with Crippen LogP contribution in [-0.2, 0) is 5.72 Å². The average molecular weight is 365 g/mol. The highest BCUT2D eigenvalue weighted by atomic mass is 16.5. The third kappa shape index (κ3) is 3.02. The van der Waals surface area contributed by atoms with Crippen LogP contribution in [0.2, 0.25) is 0 Å². The molecule has 2 aliphatic rings. The van der Waals surface area contributed by atoms with Crippen LogP contribution < -0.4 is 9.64 Å². The normalized spacial score (nSPS) is 22.1. The number of hydrogen-bond acceptors (Lipinski definition) is 3. The van der Waals surface area contributed by atoms with Gasteiger partial charge < -0.3 is 9.84 Å². The summed E-state index contributed by atoms with van der Waals surface area (Å²) in [6, 6.07) is 14.4. The molecule has 2 aliphatic heterocycles. The van der Waals surface area contributed by atoms with Gasteiger partial charge >= 0.3 is 0 Å². The van der Waals surface area contributed by atoms with Crippen LogP contribution in [0.5, 0.6) is 5.75 Å². The first kappa shape index (κ1) is 18.1. The van der Waals surface area contributed by atoms with Crippen LogP contribution >= 0.6 is 0 Å². The molecule has 2 heterocycles. The molecule has 0 saturated carbocycles. The fourth-order valence-corrected chi connectivity index (χ4v) is 4.38. The highest BCUT2D eigenvalue weighted by Crippen LogP contribution is 2.37. The van der Waals surface area contributed by atoms with Gasteiger partial charge in [0.2, 0.25) is 0 Å². The second-order valence-corrected chi connectivity index (χ2v) is 7.60. The molecule has 4 heteroatoms. The minimum atomic E-state index is -1.00. The Morgan fingerprint density at radius 1 is 1.11 bits per heavy atom. The van der Waals surface area contributed by atoms with Crippen molar-refractivity contribution < 1.29 is 14.4 Å². The second kappa shape index (κ2) is 7.01. The Morgan fingerprint density at radius 2 is 1.89 bits per heavy atom. The number of nitrogens with zero attached hydrogens (tertiary/aromatic N) is 2. The van der Waals surface area contributed by atoms with Gasteiger partial charge in [0.15, 0.2) is 6.54 Å². The van der Waals surface area contributed by atoms with Crippen molar-refractivity contribution in [1.82, 2.24) is 0 Å². The molecule has 27 heavy (non-hydrogen) atoms. The molecule has 1 N–H and O–H groups in total. The highest BCUT2D eigenvalue weighted by Gasteiger charge is 2.52. The maximum Gasteiger partial charge on any atom is 0.271 e. The van der Waals surface area contributed by atoms with Gasteiger partial charge in [0.25, 0.3) is 11.6 Å². The minimum absolute atomic E-state index is 0.556. The van der Waals surface area contributed by atoms with E-state index in [1.165, 1.54) is 29.1 Å². The van der Waals surface area contributed by atoms with Crippen molar-refractivity contribution in [3.63, 3.8) is 0 Å². The molecular weight excluding hydrogens is 336 g/mol. The van der Waals surface area contributed by atoms with Gasteiger partial charge in [0.1, 0.15) is 11.4 Å². The van der Waals surface area contributed by atoms with Crippen molar-refractivity contribution in [2.24, 2.45) is 0 Å². The van der Waals surface area contributed by atoms with Crippen LogP contribution in [0.4, 0.5) is 5.69 Å². The topological polar surface area (TPSA) is 35.7 Å². The summed E-state index contributed by atoms with van der Waals surface area (Å²) in [5.74, 6) is 2.09. The Balaban J connectivity index is 1.76. The number of anilines is 1. The van der Waals surface area contributed by atoms with Crippen LogP contribution in [0.3, 0.4) is 0 Å². The zero-order valence-corrected chi connectivity index (χ0v) is 16.5. The van der Waals surface area contributed by atoms with E-state index in [0.717, 1.165) is 30.7 Å². The lowest BCUT2D eigenvalue weighted by atomic mass is 10.0. The van der Waals surface area contributed by atoms with Crippen molar-refractivity contribution in [1.29, 1.82) is 0 Å². The van der Waals surface area contributed by atoms with Crippen LogP contribution in [0, 0.1) is 13.8 Å². The van der Waals surface area contributed by atoms with Gasteiger partial charge in [-0.25, -0.2) is 9.48 Å². The van der Waals surface area contributed by atoms with E-state index in [1.54, 1.807) is 0 Å². The van der Waals surface area contributed by atoms with Gasteiger partial charge in [0, 0.05) is 12.0 Å². The zero-order valence-electron chi connectivity index (χ0n) is 16.5. The maximum atomic E-state index is 11.8. The molecule has 0 radical (unpaired) electrons. The van der Waals surface area contributed by atoms with Crippen LogP contribution in [0.15, 0.2) is 42.5 Å². The van der Waals surface area contributed by atoms with E-state index >= 15 is 0 Å². The summed E-state index contributed by atoms with van der Waals surface area (Å²) in [5.41, 5.74) is 3.70. The van der Waals surface area contributed by atoms with Crippen molar-refractivity contribution in [2.75, 3.05) is 24.6 Å². The molecule has 1 unspecified atom stereocenters. The largest absolute Gasteiger partial charge is 0.494 e. The molecule has 0 aromatic heterocycles. The van der Waals surface area contributed by atoms with Crippen LogP contribution in [0.25, 0.3) is 0 Å². The summed E-state index contributed by atoms with van der Waals surface area (Å²) in [5, 5.41) is 11.8. The molecule has 4 rings (SSSR count). The van der Waals surface area contributed by atoms with Crippen LogP contribution in [-0.4, -0.2) is 35.2 Å². The molecule has 142 valence electrons. The molecular formula is C23H29N2O2+. The smallest absolute Gasteiger partial charge is 0.271 e. The molecule has 2 aromatic carbocycles. The lowest BCUT2D eigenvalue weighted by Crippen LogP contribution is -2.41. The van der Waals surface area contributed by atoms with Gasteiger partial charge in [-0.1, -0.05) is 12.1 Å².